The van der Waals surface area contributed by atoms with Crippen LogP contribution in [0, 0.1) is 5.82 Å². The molecule has 1 fully saturated rings. The van der Waals surface area contributed by atoms with Crippen LogP contribution in [-0.4, -0.2) is 27.9 Å². The molecule has 0 bridgehead atoms. The highest BCUT2D eigenvalue weighted by Crippen LogP contribution is 2.24. The average Bonchev–Trinajstić information content (AvgIpc) is 3.07. The van der Waals surface area contributed by atoms with Gasteiger partial charge in [-0.3, -0.25) is 9.59 Å². The van der Waals surface area contributed by atoms with E-state index in [4.69, 9.17) is 0 Å². The van der Waals surface area contributed by atoms with Gasteiger partial charge in [0.25, 0.3) is 0 Å². The fourth-order valence-electron chi connectivity index (χ4n) is 2.17. The van der Waals surface area contributed by atoms with Crippen LogP contribution in [-0.2, 0) is 9.59 Å². The largest absolute Gasteiger partial charge is 0.325 e. The third kappa shape index (κ3) is 5.47. The molecule has 2 amide bonds. The number of anilines is 1. The zero-order valence-electron chi connectivity index (χ0n) is 14.0. The van der Waals surface area contributed by atoms with E-state index in [1.807, 2.05) is 19.1 Å². The van der Waals surface area contributed by atoms with E-state index in [1.165, 1.54) is 35.6 Å². The number of amides is 2. The molecule has 2 N–H and O–H groups in total. The summed E-state index contributed by atoms with van der Waals surface area (Å²) in [4.78, 5) is 25.3. The first-order valence-corrected chi connectivity index (χ1v) is 10.3. The van der Waals surface area contributed by atoms with Crippen molar-refractivity contribution in [3.8, 4) is 0 Å². The lowest BCUT2D eigenvalue weighted by Gasteiger charge is -2.21. The summed E-state index contributed by atoms with van der Waals surface area (Å²) in [5, 5.41) is 13.1. The number of halogens is 2. The first kappa shape index (κ1) is 19.7. The molecule has 27 heavy (non-hydrogen) atoms. The highest BCUT2D eigenvalue weighted by Gasteiger charge is 2.30. The SMILES string of the molecule is C/C(=N/N=C1/NC(=O)C[C@@H](C(=O)Nc2ccc(F)cc2)S1)c1ccc(Br)s1. The molecule has 1 atom stereocenters. The topological polar surface area (TPSA) is 82.9 Å². The number of amidine groups is 1. The van der Waals surface area contributed by atoms with Gasteiger partial charge in [0.15, 0.2) is 5.17 Å². The minimum Gasteiger partial charge on any atom is -0.325 e. The molecule has 0 spiro atoms. The molecule has 3 rings (SSSR count). The molecular weight excluding hydrogens is 455 g/mol. The number of hydrogen-bond acceptors (Lipinski definition) is 6. The van der Waals surface area contributed by atoms with Crippen LogP contribution in [0.2, 0.25) is 0 Å². The Balaban J connectivity index is 1.68. The molecule has 10 heteroatoms. The number of benzene rings is 1. The van der Waals surface area contributed by atoms with E-state index in [0.29, 0.717) is 11.4 Å². The zero-order valence-corrected chi connectivity index (χ0v) is 17.3. The molecular formula is C17H14BrFN4O2S2. The minimum absolute atomic E-state index is 0.0251. The lowest BCUT2D eigenvalue weighted by molar-refractivity contribution is -0.123. The summed E-state index contributed by atoms with van der Waals surface area (Å²) >= 11 is 6.04. The number of nitrogens with zero attached hydrogens (tertiary/aromatic N) is 2. The molecule has 2 heterocycles. The molecule has 6 nitrogen and oxygen atoms in total. The van der Waals surface area contributed by atoms with Crippen molar-refractivity contribution in [2.45, 2.75) is 18.6 Å². The molecule has 1 aromatic carbocycles. The number of rotatable bonds is 4. The number of thioether (sulfide) groups is 1. The van der Waals surface area contributed by atoms with Crippen LogP contribution in [0.25, 0.3) is 0 Å². The highest BCUT2D eigenvalue weighted by molar-refractivity contribution is 9.11. The van der Waals surface area contributed by atoms with E-state index < -0.39 is 5.25 Å². The third-order valence-corrected chi connectivity index (χ3v) is 6.30. The van der Waals surface area contributed by atoms with Gasteiger partial charge in [-0.2, -0.15) is 5.10 Å². The van der Waals surface area contributed by atoms with Gasteiger partial charge >= 0.3 is 0 Å². The molecule has 1 aliphatic heterocycles. The molecule has 0 aliphatic carbocycles. The van der Waals surface area contributed by atoms with Crippen molar-refractivity contribution in [1.29, 1.82) is 0 Å². The highest BCUT2D eigenvalue weighted by atomic mass is 79.9. The van der Waals surface area contributed by atoms with Crippen molar-refractivity contribution < 1.29 is 14.0 Å². The van der Waals surface area contributed by atoms with Gasteiger partial charge in [-0.1, -0.05) is 11.8 Å². The van der Waals surface area contributed by atoms with Gasteiger partial charge < -0.3 is 10.6 Å². The maximum atomic E-state index is 13.0. The predicted molar refractivity (Wildman–Crippen MR) is 111 cm³/mol. The summed E-state index contributed by atoms with van der Waals surface area (Å²) in [6.07, 6.45) is 0.0251. The molecule has 140 valence electrons. The summed E-state index contributed by atoms with van der Waals surface area (Å²) in [7, 11) is 0. The fraction of sp³-hybridized carbons (Fsp3) is 0.176. The van der Waals surface area contributed by atoms with Crippen molar-refractivity contribution in [1.82, 2.24) is 5.32 Å². The third-order valence-electron chi connectivity index (χ3n) is 3.50. The molecule has 2 aromatic rings. The zero-order chi connectivity index (χ0) is 19.4. The summed E-state index contributed by atoms with van der Waals surface area (Å²) in [6.45, 7) is 1.82. The van der Waals surface area contributed by atoms with E-state index in [2.05, 4.69) is 36.8 Å². The number of hydrogen-bond donors (Lipinski definition) is 2. The lowest BCUT2D eigenvalue weighted by Crippen LogP contribution is -2.41. The molecule has 0 unspecified atom stereocenters. The van der Waals surface area contributed by atoms with Gasteiger partial charge in [0.2, 0.25) is 11.8 Å². The van der Waals surface area contributed by atoms with E-state index >= 15 is 0 Å². The second-order valence-electron chi connectivity index (χ2n) is 5.55. The Hall–Kier alpha value is -2.04. The van der Waals surface area contributed by atoms with Crippen LogP contribution < -0.4 is 10.6 Å². The number of thiophene rings is 1. The molecule has 0 saturated carbocycles. The summed E-state index contributed by atoms with van der Waals surface area (Å²) < 4.78 is 13.9. The fourth-order valence-corrected chi connectivity index (χ4v) is 4.43. The van der Waals surface area contributed by atoms with Gasteiger partial charge in [-0.05, 0) is 59.3 Å². The number of nitrogens with one attached hydrogen (secondary N) is 2. The predicted octanol–water partition coefficient (Wildman–Crippen LogP) is 3.99. The van der Waals surface area contributed by atoms with E-state index in [0.717, 1.165) is 20.4 Å². The second-order valence-corrected chi connectivity index (χ2v) is 9.20. The van der Waals surface area contributed by atoms with Crippen molar-refractivity contribution in [2.24, 2.45) is 10.2 Å². The summed E-state index contributed by atoms with van der Waals surface area (Å²) in [5.74, 6) is -1.05. The van der Waals surface area contributed by atoms with Crippen LogP contribution in [0.5, 0.6) is 0 Å². The quantitative estimate of drug-likeness (QED) is 0.525. The first-order chi connectivity index (χ1) is 12.9. The Morgan fingerprint density at radius 2 is 2.04 bits per heavy atom. The van der Waals surface area contributed by atoms with E-state index in [-0.39, 0.29) is 29.2 Å². The Bertz CT molecular complexity index is 927. The van der Waals surface area contributed by atoms with Gasteiger partial charge in [0, 0.05) is 12.1 Å². The normalized spacial score (nSPS) is 19.1. The summed E-state index contributed by atoms with van der Waals surface area (Å²) in [5.41, 5.74) is 1.16. The number of carbonyl (C=O) groups excluding carboxylic acids is 2. The molecule has 1 aliphatic rings. The van der Waals surface area contributed by atoms with Crippen molar-refractivity contribution in [2.75, 3.05) is 5.32 Å². The minimum atomic E-state index is -0.644. The van der Waals surface area contributed by atoms with Crippen LogP contribution in [0.4, 0.5) is 10.1 Å². The maximum Gasteiger partial charge on any atom is 0.238 e. The van der Waals surface area contributed by atoms with E-state index in [1.54, 1.807) is 0 Å². The van der Waals surface area contributed by atoms with Crippen LogP contribution in [0.1, 0.15) is 18.2 Å². The van der Waals surface area contributed by atoms with Gasteiger partial charge in [-0.15, -0.1) is 16.4 Å². The van der Waals surface area contributed by atoms with Gasteiger partial charge in [-0.25, -0.2) is 4.39 Å². The van der Waals surface area contributed by atoms with Crippen LogP contribution >= 0.6 is 39.0 Å². The van der Waals surface area contributed by atoms with Gasteiger partial charge in [0.1, 0.15) is 11.1 Å². The molecule has 1 aromatic heterocycles. The van der Waals surface area contributed by atoms with Crippen molar-refractivity contribution in [3.63, 3.8) is 0 Å². The first-order valence-electron chi connectivity index (χ1n) is 7.81. The average molecular weight is 469 g/mol. The van der Waals surface area contributed by atoms with Crippen LogP contribution in [0.3, 0.4) is 0 Å². The van der Waals surface area contributed by atoms with Gasteiger partial charge in [0.05, 0.1) is 14.4 Å². The Kier molecular flexibility index (Phi) is 6.40. The lowest BCUT2D eigenvalue weighted by atomic mass is 10.2. The summed E-state index contributed by atoms with van der Waals surface area (Å²) in [6, 6.07) is 9.26. The van der Waals surface area contributed by atoms with Crippen molar-refractivity contribution >= 4 is 67.4 Å². The Labute approximate surface area is 171 Å². The number of carbonyl (C=O) groups is 2. The molecule has 0 radical (unpaired) electrons. The monoisotopic (exact) mass is 468 g/mol. The smallest absolute Gasteiger partial charge is 0.238 e. The van der Waals surface area contributed by atoms with Crippen molar-refractivity contribution in [3.05, 3.63) is 50.9 Å². The Morgan fingerprint density at radius 3 is 2.70 bits per heavy atom. The molecule has 1 saturated heterocycles. The Morgan fingerprint density at radius 1 is 1.30 bits per heavy atom. The maximum absolute atomic E-state index is 13.0. The van der Waals surface area contributed by atoms with Crippen LogP contribution in [0.15, 0.2) is 50.4 Å². The second kappa shape index (κ2) is 8.77. The standard InChI is InChI=1S/C17H14BrFN4O2S2/c1-9(12-6-7-14(18)26-12)22-23-17-21-15(24)8-13(27-17)16(25)20-11-4-2-10(19)3-5-11/h2-7,13H,8H2,1H3,(H,20,25)(H,21,23,24)/b22-9-/t13-/m0/s1. The van der Waals surface area contributed by atoms with E-state index in [9.17, 15) is 14.0 Å².